The first-order valence-corrected chi connectivity index (χ1v) is 6.84. The summed E-state index contributed by atoms with van der Waals surface area (Å²) < 4.78 is 18.6. The van der Waals surface area contributed by atoms with Crippen molar-refractivity contribution in [1.82, 2.24) is 4.98 Å². The van der Waals surface area contributed by atoms with E-state index in [2.05, 4.69) is 4.98 Å². The van der Waals surface area contributed by atoms with Crippen molar-refractivity contribution in [3.8, 4) is 5.75 Å². The molecule has 6 heteroatoms. The lowest BCUT2D eigenvalue weighted by molar-refractivity contribution is -0.118. The Morgan fingerprint density at radius 2 is 2.29 bits per heavy atom. The summed E-state index contributed by atoms with van der Waals surface area (Å²) in [6.07, 6.45) is 3.37. The number of anilines is 1. The number of carbonyl (C=O) groups is 1. The predicted molar refractivity (Wildman–Crippen MR) is 77.2 cm³/mol. The summed E-state index contributed by atoms with van der Waals surface area (Å²) in [5, 5.41) is 0.0179. The minimum absolute atomic E-state index is 0.0179. The number of pyridine rings is 1. The van der Waals surface area contributed by atoms with E-state index in [0.29, 0.717) is 30.2 Å². The number of benzene rings is 1. The summed E-state index contributed by atoms with van der Waals surface area (Å²) in [6, 6.07) is 6.02. The van der Waals surface area contributed by atoms with Crippen LogP contribution in [0.15, 0.2) is 36.7 Å². The first-order valence-electron chi connectivity index (χ1n) is 6.46. The van der Waals surface area contributed by atoms with E-state index in [1.165, 1.54) is 12.1 Å². The second kappa shape index (κ2) is 5.69. The highest BCUT2D eigenvalue weighted by Crippen LogP contribution is 2.30. The zero-order valence-corrected chi connectivity index (χ0v) is 11.8. The van der Waals surface area contributed by atoms with Gasteiger partial charge in [0, 0.05) is 12.3 Å². The van der Waals surface area contributed by atoms with Gasteiger partial charge < -0.3 is 9.64 Å². The fraction of sp³-hybridized carbons (Fsp3) is 0.200. The number of carbonyl (C=O) groups excluding carboxylic acids is 1. The van der Waals surface area contributed by atoms with E-state index < -0.39 is 5.82 Å². The quantitative estimate of drug-likeness (QED) is 0.857. The SMILES string of the molecule is O=C(Cc1ccc(F)c(Cl)c1)N1CCOc2ccncc21. The van der Waals surface area contributed by atoms with Gasteiger partial charge in [0.1, 0.15) is 23.9 Å². The average Bonchev–Trinajstić information content (AvgIpc) is 2.50. The van der Waals surface area contributed by atoms with Crippen molar-refractivity contribution < 1.29 is 13.9 Å². The highest BCUT2D eigenvalue weighted by Gasteiger charge is 2.23. The highest BCUT2D eigenvalue weighted by atomic mass is 35.5. The molecule has 1 aliphatic rings. The Kier molecular flexibility index (Phi) is 3.75. The van der Waals surface area contributed by atoms with Crippen molar-refractivity contribution >= 4 is 23.2 Å². The van der Waals surface area contributed by atoms with Gasteiger partial charge in [0.25, 0.3) is 0 Å². The van der Waals surface area contributed by atoms with Crippen LogP contribution in [0, 0.1) is 5.82 Å². The van der Waals surface area contributed by atoms with Gasteiger partial charge in [0.2, 0.25) is 5.91 Å². The molecule has 1 aromatic heterocycles. The third-order valence-corrected chi connectivity index (χ3v) is 3.55. The van der Waals surface area contributed by atoms with Gasteiger partial charge in [-0.3, -0.25) is 9.78 Å². The molecule has 2 aromatic rings. The number of ether oxygens (including phenoxy) is 1. The smallest absolute Gasteiger partial charge is 0.231 e. The maximum absolute atomic E-state index is 13.1. The molecule has 1 amide bonds. The summed E-state index contributed by atoms with van der Waals surface area (Å²) in [7, 11) is 0. The molecule has 0 saturated heterocycles. The Morgan fingerprint density at radius 1 is 1.43 bits per heavy atom. The van der Waals surface area contributed by atoms with Crippen molar-refractivity contribution in [2.24, 2.45) is 0 Å². The Hall–Kier alpha value is -2.14. The van der Waals surface area contributed by atoms with E-state index in [9.17, 15) is 9.18 Å². The molecule has 0 atom stereocenters. The van der Waals surface area contributed by atoms with Crippen LogP contribution in [0.2, 0.25) is 5.02 Å². The molecule has 1 aromatic carbocycles. The predicted octanol–water partition coefficient (Wildman–Crippen LogP) is 2.84. The molecule has 3 rings (SSSR count). The topological polar surface area (TPSA) is 42.4 Å². The summed E-state index contributed by atoms with van der Waals surface area (Å²) >= 11 is 5.73. The van der Waals surface area contributed by atoms with Crippen LogP contribution >= 0.6 is 11.6 Å². The van der Waals surface area contributed by atoms with Crippen molar-refractivity contribution in [3.05, 3.63) is 53.1 Å². The molecular formula is C15H12ClFN2O2. The van der Waals surface area contributed by atoms with Crippen LogP contribution in [0.5, 0.6) is 5.75 Å². The van der Waals surface area contributed by atoms with E-state index >= 15 is 0 Å². The lowest BCUT2D eigenvalue weighted by atomic mass is 10.1. The molecule has 0 spiro atoms. The number of hydrogen-bond acceptors (Lipinski definition) is 3. The van der Waals surface area contributed by atoms with Crippen LogP contribution in [0.1, 0.15) is 5.56 Å². The monoisotopic (exact) mass is 306 g/mol. The Balaban J connectivity index is 1.81. The molecule has 2 heterocycles. The van der Waals surface area contributed by atoms with Gasteiger partial charge in [0.05, 0.1) is 24.2 Å². The van der Waals surface area contributed by atoms with E-state index in [4.69, 9.17) is 16.3 Å². The molecule has 4 nitrogen and oxygen atoms in total. The van der Waals surface area contributed by atoms with Crippen LogP contribution in [0.3, 0.4) is 0 Å². The van der Waals surface area contributed by atoms with Gasteiger partial charge >= 0.3 is 0 Å². The number of aromatic nitrogens is 1. The normalized spacial score (nSPS) is 13.5. The van der Waals surface area contributed by atoms with Crippen LogP contribution in [0.4, 0.5) is 10.1 Å². The molecule has 0 radical (unpaired) electrons. The van der Waals surface area contributed by atoms with E-state index in [1.54, 1.807) is 29.4 Å². The maximum atomic E-state index is 13.1. The van der Waals surface area contributed by atoms with Crippen molar-refractivity contribution in [3.63, 3.8) is 0 Å². The van der Waals surface area contributed by atoms with E-state index in [0.717, 1.165) is 0 Å². The minimum Gasteiger partial charge on any atom is -0.489 e. The maximum Gasteiger partial charge on any atom is 0.231 e. The summed E-state index contributed by atoms with van der Waals surface area (Å²) in [5.74, 6) is 0.0470. The summed E-state index contributed by atoms with van der Waals surface area (Å²) in [6.45, 7) is 0.902. The molecule has 0 N–H and O–H groups in total. The molecule has 0 unspecified atom stereocenters. The fourth-order valence-corrected chi connectivity index (χ4v) is 2.45. The number of hydrogen-bond donors (Lipinski definition) is 0. The first-order chi connectivity index (χ1) is 10.1. The van der Waals surface area contributed by atoms with E-state index in [1.807, 2.05) is 0 Å². The van der Waals surface area contributed by atoms with Gasteiger partial charge in [-0.15, -0.1) is 0 Å². The Morgan fingerprint density at radius 3 is 3.10 bits per heavy atom. The third kappa shape index (κ3) is 2.83. The summed E-state index contributed by atoms with van der Waals surface area (Å²) in [5.41, 5.74) is 1.32. The molecular weight excluding hydrogens is 295 g/mol. The molecule has 1 aliphatic heterocycles. The minimum atomic E-state index is -0.492. The zero-order chi connectivity index (χ0) is 14.8. The van der Waals surface area contributed by atoms with Crippen molar-refractivity contribution in [2.75, 3.05) is 18.1 Å². The van der Waals surface area contributed by atoms with Crippen LogP contribution in [-0.2, 0) is 11.2 Å². The number of rotatable bonds is 2. The van der Waals surface area contributed by atoms with Crippen molar-refractivity contribution in [1.29, 1.82) is 0 Å². The molecule has 21 heavy (non-hydrogen) atoms. The Bertz CT molecular complexity index is 693. The standard InChI is InChI=1S/C15H12ClFN2O2/c16-11-7-10(1-2-12(11)17)8-15(20)19-5-6-21-14-3-4-18-9-13(14)19/h1-4,7,9H,5-6,8H2. The van der Waals surface area contributed by atoms with Gasteiger partial charge in [-0.2, -0.15) is 0 Å². The zero-order valence-electron chi connectivity index (χ0n) is 11.1. The molecule has 0 saturated carbocycles. The van der Waals surface area contributed by atoms with Gasteiger partial charge in [-0.05, 0) is 17.7 Å². The Labute approximate surface area is 126 Å². The van der Waals surface area contributed by atoms with Crippen LogP contribution in [0.25, 0.3) is 0 Å². The average molecular weight is 307 g/mol. The second-order valence-corrected chi connectivity index (χ2v) is 5.07. The van der Waals surface area contributed by atoms with Gasteiger partial charge in [0.15, 0.2) is 0 Å². The van der Waals surface area contributed by atoms with Gasteiger partial charge in [-0.25, -0.2) is 4.39 Å². The lowest BCUT2D eigenvalue weighted by Crippen LogP contribution is -2.38. The lowest BCUT2D eigenvalue weighted by Gasteiger charge is -2.29. The highest BCUT2D eigenvalue weighted by molar-refractivity contribution is 6.30. The second-order valence-electron chi connectivity index (χ2n) is 4.66. The van der Waals surface area contributed by atoms with Gasteiger partial charge in [-0.1, -0.05) is 17.7 Å². The van der Waals surface area contributed by atoms with Crippen LogP contribution < -0.4 is 9.64 Å². The summed E-state index contributed by atoms with van der Waals surface area (Å²) in [4.78, 5) is 18.1. The fourth-order valence-electron chi connectivity index (χ4n) is 2.24. The molecule has 108 valence electrons. The van der Waals surface area contributed by atoms with Crippen molar-refractivity contribution in [2.45, 2.75) is 6.42 Å². The third-order valence-electron chi connectivity index (χ3n) is 3.26. The molecule has 0 fully saturated rings. The first kappa shape index (κ1) is 13.8. The van der Waals surface area contributed by atoms with E-state index in [-0.39, 0.29) is 17.4 Å². The largest absolute Gasteiger partial charge is 0.489 e. The number of fused-ring (bicyclic) bond motifs is 1. The number of nitrogens with zero attached hydrogens (tertiary/aromatic N) is 2. The molecule has 0 bridgehead atoms. The van der Waals surface area contributed by atoms with Crippen LogP contribution in [-0.4, -0.2) is 24.0 Å². The molecule has 0 aliphatic carbocycles. The number of halogens is 2. The number of amides is 1.